The number of hydrogen-bond donors (Lipinski definition) is 1. The molecule has 1 aliphatic heterocycles. The van der Waals surface area contributed by atoms with Gasteiger partial charge in [0.25, 0.3) is 0 Å². The van der Waals surface area contributed by atoms with Crippen molar-refractivity contribution < 1.29 is 4.39 Å². The first-order chi connectivity index (χ1) is 11.6. The van der Waals surface area contributed by atoms with Gasteiger partial charge in [-0.05, 0) is 42.0 Å². The molecule has 0 bridgehead atoms. The summed E-state index contributed by atoms with van der Waals surface area (Å²) in [6.45, 7) is 0. The Hall–Kier alpha value is -2.18. The summed E-state index contributed by atoms with van der Waals surface area (Å²) in [5.41, 5.74) is 2.29. The molecule has 3 aromatic rings. The number of nitrogens with one attached hydrogen (secondary N) is 1. The van der Waals surface area contributed by atoms with Gasteiger partial charge in [0, 0.05) is 20.8 Å². The Morgan fingerprint density at radius 1 is 1.17 bits per heavy atom. The first-order valence-corrected chi connectivity index (χ1v) is 8.38. The number of hydrogen-bond acceptors (Lipinski definition) is 3. The highest BCUT2D eigenvalue weighted by Crippen LogP contribution is 2.34. The molecule has 4 rings (SSSR count). The Balaban J connectivity index is 1.85. The fourth-order valence-electron chi connectivity index (χ4n) is 2.69. The van der Waals surface area contributed by atoms with Crippen molar-refractivity contribution in [3.05, 3.63) is 81.3 Å². The molecule has 1 atom stereocenters. The summed E-state index contributed by atoms with van der Waals surface area (Å²) >= 11 is 9.35. The summed E-state index contributed by atoms with van der Waals surface area (Å²) in [5, 5.41) is 8.10. The Bertz CT molecular complexity index is 936. The van der Waals surface area contributed by atoms with E-state index in [0.29, 0.717) is 16.5 Å². The number of rotatable bonds is 2. The first-order valence-electron chi connectivity index (χ1n) is 7.21. The van der Waals surface area contributed by atoms with Gasteiger partial charge in [-0.25, -0.2) is 9.07 Å². The maximum absolute atomic E-state index is 14.4. The minimum absolute atomic E-state index is 0.293. The summed E-state index contributed by atoms with van der Waals surface area (Å²) < 4.78 is 16.9. The van der Waals surface area contributed by atoms with Gasteiger partial charge in [-0.2, -0.15) is 10.1 Å². The van der Waals surface area contributed by atoms with Gasteiger partial charge in [0.15, 0.2) is 0 Å². The standard InChI is InChI=1S/C17H11BrClFN4/c18-11-3-6-14(20)13(7-11)16-8-15(10-1-4-12(19)5-2-10)23-17-21-9-22-24(16)17/h1-9,16H,(H,21,22,23). The second-order valence-electron chi connectivity index (χ2n) is 5.35. The monoisotopic (exact) mass is 404 g/mol. The SMILES string of the molecule is Fc1ccc(Br)cc1C1C=C(c2ccc(Cl)cc2)Nc2ncnn21. The van der Waals surface area contributed by atoms with Crippen LogP contribution in [-0.4, -0.2) is 14.8 Å². The van der Waals surface area contributed by atoms with E-state index in [-0.39, 0.29) is 5.82 Å². The van der Waals surface area contributed by atoms with Crippen molar-refractivity contribution in [2.45, 2.75) is 6.04 Å². The molecule has 1 aliphatic rings. The average molecular weight is 406 g/mol. The van der Waals surface area contributed by atoms with Crippen LogP contribution in [0.3, 0.4) is 0 Å². The molecule has 2 aromatic carbocycles. The van der Waals surface area contributed by atoms with Crippen LogP contribution < -0.4 is 5.32 Å². The molecule has 0 fully saturated rings. The normalized spacial score (nSPS) is 16.3. The van der Waals surface area contributed by atoms with Gasteiger partial charge < -0.3 is 5.32 Å². The van der Waals surface area contributed by atoms with Gasteiger partial charge in [0.05, 0.1) is 0 Å². The summed E-state index contributed by atoms with van der Waals surface area (Å²) in [7, 11) is 0. The van der Waals surface area contributed by atoms with Crippen LogP contribution >= 0.6 is 27.5 Å². The van der Waals surface area contributed by atoms with E-state index in [0.717, 1.165) is 15.7 Å². The second kappa shape index (κ2) is 6.03. The van der Waals surface area contributed by atoms with Crippen LogP contribution in [0.5, 0.6) is 0 Å². The molecule has 0 radical (unpaired) electrons. The molecule has 0 aliphatic carbocycles. The highest BCUT2D eigenvalue weighted by atomic mass is 79.9. The third-order valence-corrected chi connectivity index (χ3v) is 4.58. The highest BCUT2D eigenvalue weighted by Gasteiger charge is 2.25. The summed E-state index contributed by atoms with van der Waals surface area (Å²) in [6.07, 6.45) is 3.37. The van der Waals surface area contributed by atoms with Crippen LogP contribution in [0.1, 0.15) is 17.2 Å². The predicted molar refractivity (Wildman–Crippen MR) is 95.3 cm³/mol. The van der Waals surface area contributed by atoms with Gasteiger partial charge in [0.1, 0.15) is 18.2 Å². The smallest absolute Gasteiger partial charge is 0.226 e. The fraction of sp³-hybridized carbons (Fsp3) is 0.0588. The van der Waals surface area contributed by atoms with E-state index in [2.05, 4.69) is 31.3 Å². The number of aromatic nitrogens is 3. The zero-order valence-corrected chi connectivity index (χ0v) is 14.6. The maximum Gasteiger partial charge on any atom is 0.226 e. The molecule has 0 saturated carbocycles. The largest absolute Gasteiger partial charge is 0.324 e. The van der Waals surface area contributed by atoms with Crippen LogP contribution in [0, 0.1) is 5.82 Å². The molecule has 120 valence electrons. The van der Waals surface area contributed by atoms with Gasteiger partial charge in [-0.3, -0.25) is 0 Å². The zero-order chi connectivity index (χ0) is 16.7. The van der Waals surface area contributed by atoms with Gasteiger partial charge in [0.2, 0.25) is 5.95 Å². The minimum Gasteiger partial charge on any atom is -0.324 e. The third-order valence-electron chi connectivity index (χ3n) is 3.84. The highest BCUT2D eigenvalue weighted by molar-refractivity contribution is 9.10. The Morgan fingerprint density at radius 3 is 2.75 bits per heavy atom. The van der Waals surface area contributed by atoms with Crippen LogP contribution in [0.15, 0.2) is 59.3 Å². The average Bonchev–Trinajstić information content (AvgIpc) is 3.05. The minimum atomic E-state index is -0.396. The van der Waals surface area contributed by atoms with Crippen LogP contribution in [0.4, 0.5) is 10.3 Å². The molecule has 0 amide bonds. The zero-order valence-electron chi connectivity index (χ0n) is 12.2. The van der Waals surface area contributed by atoms with Gasteiger partial charge in [-0.15, -0.1) is 0 Å². The molecule has 0 saturated heterocycles. The quantitative estimate of drug-likeness (QED) is 0.660. The molecule has 4 nitrogen and oxygen atoms in total. The van der Waals surface area contributed by atoms with E-state index < -0.39 is 6.04 Å². The summed E-state index contributed by atoms with van der Waals surface area (Å²) in [5.74, 6) is 0.269. The molecule has 24 heavy (non-hydrogen) atoms. The van der Waals surface area contributed by atoms with Crippen LogP contribution in [0.2, 0.25) is 5.02 Å². The number of halogens is 3. The van der Waals surface area contributed by atoms with E-state index in [1.165, 1.54) is 12.4 Å². The van der Waals surface area contributed by atoms with E-state index in [1.54, 1.807) is 16.8 Å². The van der Waals surface area contributed by atoms with Crippen molar-refractivity contribution in [2.75, 3.05) is 5.32 Å². The molecule has 1 aromatic heterocycles. The molecular weight excluding hydrogens is 395 g/mol. The lowest BCUT2D eigenvalue weighted by molar-refractivity contribution is 0.551. The van der Waals surface area contributed by atoms with E-state index in [4.69, 9.17) is 11.6 Å². The summed E-state index contributed by atoms with van der Waals surface area (Å²) in [4.78, 5) is 4.22. The van der Waals surface area contributed by atoms with E-state index in [1.807, 2.05) is 30.3 Å². The van der Waals surface area contributed by atoms with E-state index >= 15 is 0 Å². The molecule has 1 unspecified atom stereocenters. The van der Waals surface area contributed by atoms with E-state index in [9.17, 15) is 4.39 Å². The van der Waals surface area contributed by atoms with Crippen molar-refractivity contribution in [2.24, 2.45) is 0 Å². The van der Waals surface area contributed by atoms with Crippen molar-refractivity contribution in [1.82, 2.24) is 14.8 Å². The fourth-order valence-corrected chi connectivity index (χ4v) is 3.20. The van der Waals surface area contributed by atoms with Crippen LogP contribution in [-0.2, 0) is 0 Å². The van der Waals surface area contributed by atoms with Crippen molar-refractivity contribution in [1.29, 1.82) is 0 Å². The lowest BCUT2D eigenvalue weighted by atomic mass is 10.0. The Kier molecular flexibility index (Phi) is 3.86. The summed E-state index contributed by atoms with van der Waals surface area (Å²) in [6, 6.07) is 11.9. The van der Waals surface area contributed by atoms with Crippen molar-refractivity contribution in [3.63, 3.8) is 0 Å². The van der Waals surface area contributed by atoms with Gasteiger partial charge in [-0.1, -0.05) is 39.7 Å². The Labute approximate surface area is 151 Å². The molecule has 0 spiro atoms. The molecule has 2 heterocycles. The molecule has 1 N–H and O–H groups in total. The van der Waals surface area contributed by atoms with Crippen molar-refractivity contribution in [3.8, 4) is 0 Å². The third kappa shape index (κ3) is 2.72. The lowest BCUT2D eigenvalue weighted by Crippen LogP contribution is -2.21. The number of allylic oxidation sites excluding steroid dienone is 1. The lowest BCUT2D eigenvalue weighted by Gasteiger charge is -2.24. The maximum atomic E-state index is 14.4. The molecular formula is C17H11BrClFN4. The second-order valence-corrected chi connectivity index (χ2v) is 6.70. The number of fused-ring (bicyclic) bond motifs is 1. The number of anilines is 1. The Morgan fingerprint density at radius 2 is 1.96 bits per heavy atom. The van der Waals surface area contributed by atoms with Crippen molar-refractivity contribution >= 4 is 39.2 Å². The predicted octanol–water partition coefficient (Wildman–Crippen LogP) is 4.89. The number of benzene rings is 2. The van der Waals surface area contributed by atoms with Crippen LogP contribution in [0.25, 0.3) is 5.70 Å². The molecule has 7 heteroatoms. The topological polar surface area (TPSA) is 42.7 Å². The van der Waals surface area contributed by atoms with Gasteiger partial charge >= 0.3 is 0 Å². The number of nitrogens with zero attached hydrogens (tertiary/aromatic N) is 3. The first kappa shape index (κ1) is 15.4.